The van der Waals surface area contributed by atoms with Crippen LogP contribution in [-0.2, 0) is 57.2 Å². The van der Waals surface area contributed by atoms with Crippen LogP contribution in [0.4, 0.5) is 0 Å². The zero-order chi connectivity index (χ0) is 26.9. The summed E-state index contributed by atoms with van der Waals surface area (Å²) in [5, 5.41) is 11.0. The van der Waals surface area contributed by atoms with Crippen molar-refractivity contribution in [2.24, 2.45) is 0 Å². The molecule has 0 radical (unpaired) electrons. The topological polar surface area (TPSA) is 181 Å². The molecule has 14 nitrogen and oxygen atoms in total. The van der Waals surface area contributed by atoms with E-state index in [4.69, 9.17) is 28.4 Å². The third-order valence-corrected chi connectivity index (χ3v) is 4.63. The summed E-state index contributed by atoms with van der Waals surface area (Å²) in [6, 6.07) is 0. The fraction of sp³-hybridized carbons (Fsp3) is 0.714. The van der Waals surface area contributed by atoms with Crippen molar-refractivity contribution < 1.29 is 62.3 Å². The highest BCUT2D eigenvalue weighted by molar-refractivity contribution is 5.87. The predicted molar refractivity (Wildman–Crippen MR) is 112 cm³/mol. The van der Waals surface area contributed by atoms with Gasteiger partial charge in [-0.2, -0.15) is 0 Å². The molecule has 1 heterocycles. The lowest BCUT2D eigenvalue weighted by Crippen LogP contribution is -2.66. The molecule has 1 saturated heterocycles. The van der Waals surface area contributed by atoms with Crippen molar-refractivity contribution in [1.82, 2.24) is 4.90 Å². The molecule has 0 bridgehead atoms. The van der Waals surface area contributed by atoms with Gasteiger partial charge in [0.15, 0.2) is 12.2 Å². The highest BCUT2D eigenvalue weighted by Crippen LogP contribution is 2.30. The van der Waals surface area contributed by atoms with E-state index in [1.807, 2.05) is 0 Å². The van der Waals surface area contributed by atoms with Crippen molar-refractivity contribution in [1.29, 1.82) is 0 Å². The molecule has 0 aliphatic carbocycles. The minimum absolute atomic E-state index is 0.0676. The first-order valence-electron chi connectivity index (χ1n) is 10.7. The van der Waals surface area contributed by atoms with Gasteiger partial charge in [-0.25, -0.2) is 0 Å². The van der Waals surface area contributed by atoms with Gasteiger partial charge in [-0.1, -0.05) is 0 Å². The summed E-state index contributed by atoms with van der Waals surface area (Å²) in [4.78, 5) is 72.3. The van der Waals surface area contributed by atoms with Crippen LogP contribution in [0.5, 0.6) is 0 Å². The Hall–Kier alpha value is -3.26. The lowest BCUT2D eigenvalue weighted by atomic mass is 9.91. The van der Waals surface area contributed by atoms with Gasteiger partial charge in [-0.05, 0) is 6.92 Å². The number of aliphatic hydroxyl groups excluding tert-OH is 1. The van der Waals surface area contributed by atoms with Crippen molar-refractivity contribution in [2.45, 2.75) is 71.2 Å². The first-order chi connectivity index (χ1) is 16.3. The van der Waals surface area contributed by atoms with Crippen LogP contribution in [0.3, 0.4) is 0 Å². The number of ether oxygens (including phenoxy) is 6. The monoisotopic (exact) mass is 505 g/mol. The maximum Gasteiger partial charge on any atom is 0.325 e. The summed E-state index contributed by atoms with van der Waals surface area (Å²) < 4.78 is 30.9. The molecule has 1 rings (SSSR count). The fourth-order valence-corrected chi connectivity index (χ4v) is 3.33. The third-order valence-electron chi connectivity index (χ3n) is 4.63. The molecular weight excluding hydrogens is 474 g/mol. The number of rotatable bonds is 10. The second-order valence-corrected chi connectivity index (χ2v) is 7.61. The number of carbonyl (C=O) groups is 6. The summed E-state index contributed by atoms with van der Waals surface area (Å²) in [6.07, 6.45) is -9.70. The van der Waals surface area contributed by atoms with Crippen LogP contribution in [0.25, 0.3) is 0 Å². The number of amides is 1. The molecule has 35 heavy (non-hydrogen) atoms. The van der Waals surface area contributed by atoms with Crippen LogP contribution < -0.4 is 0 Å². The number of nitrogens with zero attached hydrogens (tertiary/aromatic N) is 1. The highest BCUT2D eigenvalue weighted by Gasteiger charge is 2.54. The Balaban J connectivity index is 3.40. The van der Waals surface area contributed by atoms with Crippen LogP contribution in [0.2, 0.25) is 0 Å². The molecule has 0 aromatic heterocycles. The number of hydrogen-bond acceptors (Lipinski definition) is 13. The van der Waals surface area contributed by atoms with E-state index in [0.29, 0.717) is 0 Å². The third kappa shape index (κ3) is 9.13. The normalized spacial score (nSPS) is 24.4. The van der Waals surface area contributed by atoms with Gasteiger partial charge in [0.05, 0.1) is 6.61 Å². The minimum atomic E-state index is -1.85. The summed E-state index contributed by atoms with van der Waals surface area (Å²) in [5.41, 5.74) is 0. The van der Waals surface area contributed by atoms with Crippen molar-refractivity contribution >= 4 is 35.8 Å². The summed E-state index contributed by atoms with van der Waals surface area (Å²) in [6.45, 7) is 4.81. The Bertz CT molecular complexity index is 813. The van der Waals surface area contributed by atoms with Crippen molar-refractivity contribution in [3.8, 4) is 0 Å². The van der Waals surface area contributed by atoms with Gasteiger partial charge < -0.3 is 38.4 Å². The summed E-state index contributed by atoms with van der Waals surface area (Å²) in [5.74, 6) is -5.02. The quantitative estimate of drug-likeness (QED) is 0.268. The summed E-state index contributed by atoms with van der Waals surface area (Å²) >= 11 is 0. The molecule has 0 aromatic carbocycles. The number of carbonyl (C=O) groups excluding carboxylic acids is 6. The first kappa shape index (κ1) is 29.8. The molecule has 2 unspecified atom stereocenters. The van der Waals surface area contributed by atoms with Crippen LogP contribution in [0.15, 0.2) is 0 Å². The van der Waals surface area contributed by atoms with Crippen molar-refractivity contribution in [3.63, 3.8) is 0 Å². The average molecular weight is 505 g/mol. The van der Waals surface area contributed by atoms with E-state index < -0.39 is 85.5 Å². The van der Waals surface area contributed by atoms with E-state index in [1.165, 1.54) is 7.05 Å². The van der Waals surface area contributed by atoms with Crippen LogP contribution in [0.1, 0.15) is 34.6 Å². The van der Waals surface area contributed by atoms with Gasteiger partial charge >= 0.3 is 29.8 Å². The van der Waals surface area contributed by atoms with Gasteiger partial charge in [0.25, 0.3) is 5.91 Å². The smallest absolute Gasteiger partial charge is 0.325 e. The largest absolute Gasteiger partial charge is 0.465 e. The van der Waals surface area contributed by atoms with E-state index in [9.17, 15) is 33.9 Å². The van der Waals surface area contributed by atoms with E-state index in [0.717, 1.165) is 32.6 Å². The van der Waals surface area contributed by atoms with E-state index in [2.05, 4.69) is 0 Å². The Kier molecular flexibility index (Phi) is 11.6. The van der Waals surface area contributed by atoms with E-state index >= 15 is 0 Å². The fourth-order valence-electron chi connectivity index (χ4n) is 3.33. The molecule has 0 spiro atoms. The van der Waals surface area contributed by atoms with Gasteiger partial charge in [-0.15, -0.1) is 0 Å². The number of hydrogen-bond donors (Lipinski definition) is 1. The van der Waals surface area contributed by atoms with Gasteiger partial charge in [0, 0.05) is 34.7 Å². The Morgan fingerprint density at radius 3 is 1.94 bits per heavy atom. The maximum absolute atomic E-state index is 13.1. The summed E-state index contributed by atoms with van der Waals surface area (Å²) in [7, 11) is 1.23. The van der Waals surface area contributed by atoms with Crippen LogP contribution in [-0.4, -0.2) is 109 Å². The average Bonchev–Trinajstić information content (AvgIpc) is 2.73. The first-order valence-corrected chi connectivity index (χ1v) is 10.7. The Labute approximate surface area is 201 Å². The van der Waals surface area contributed by atoms with E-state index in [1.54, 1.807) is 6.92 Å². The second-order valence-electron chi connectivity index (χ2n) is 7.61. The number of esters is 5. The molecule has 1 amide bonds. The zero-order valence-electron chi connectivity index (χ0n) is 20.4. The van der Waals surface area contributed by atoms with Crippen molar-refractivity contribution in [3.05, 3.63) is 0 Å². The molecule has 6 atom stereocenters. The molecule has 1 fully saturated rings. The molecular formula is C21H31NO13. The lowest BCUT2D eigenvalue weighted by molar-refractivity contribution is -0.262. The Morgan fingerprint density at radius 1 is 0.886 bits per heavy atom. The van der Waals surface area contributed by atoms with Crippen molar-refractivity contribution in [2.75, 3.05) is 26.8 Å². The standard InChI is InChI=1S/C21H31NO13/c1-7-30-15(27)8-22(6)21(29)20(34-13(5)26)19-16(28)18(33-12(4)25)17(32-11(3)24)14(35-19)9-31-10(2)23/h14,16-20,28H,7-9H2,1-6H3/t14-,16-,17-,18-,19?,20?/m1/s1. The number of aliphatic hydroxyl groups is 1. The van der Waals surface area contributed by atoms with Crippen LogP contribution >= 0.6 is 0 Å². The maximum atomic E-state index is 13.1. The molecule has 1 N–H and O–H groups in total. The molecule has 1 aliphatic heterocycles. The van der Waals surface area contributed by atoms with Gasteiger partial charge in [0.2, 0.25) is 6.10 Å². The Morgan fingerprint density at radius 2 is 1.46 bits per heavy atom. The zero-order valence-corrected chi connectivity index (χ0v) is 20.4. The molecule has 14 heteroatoms. The van der Waals surface area contributed by atoms with Gasteiger partial charge in [-0.3, -0.25) is 28.8 Å². The highest BCUT2D eigenvalue weighted by atomic mass is 16.6. The van der Waals surface area contributed by atoms with E-state index in [-0.39, 0.29) is 6.61 Å². The molecule has 198 valence electrons. The molecule has 1 aliphatic rings. The van der Waals surface area contributed by atoms with Crippen LogP contribution in [0, 0.1) is 0 Å². The minimum Gasteiger partial charge on any atom is -0.465 e. The number of likely N-dealkylation sites (N-methyl/N-ethyl adjacent to an activating group) is 1. The van der Waals surface area contributed by atoms with Gasteiger partial charge in [0.1, 0.15) is 31.5 Å². The molecule has 0 aromatic rings. The predicted octanol–water partition coefficient (Wildman–Crippen LogP) is -1.51. The SMILES string of the molecule is CCOC(=O)CN(C)C(=O)C(OC(C)=O)C1O[C@H](COC(C)=O)[C@@H](OC(C)=O)[C@H](OC(C)=O)[C@H]1O. The lowest BCUT2D eigenvalue weighted by Gasteiger charge is -2.45. The second kappa shape index (κ2) is 13.6. The molecule has 0 saturated carbocycles.